The van der Waals surface area contributed by atoms with Gasteiger partial charge < -0.3 is 9.84 Å². The van der Waals surface area contributed by atoms with Crippen molar-refractivity contribution in [2.75, 3.05) is 5.75 Å². The number of amides is 1. The summed E-state index contributed by atoms with van der Waals surface area (Å²) in [5.74, 6) is 1.97. The van der Waals surface area contributed by atoms with E-state index < -0.39 is 0 Å². The van der Waals surface area contributed by atoms with Crippen LogP contribution in [0, 0.1) is 0 Å². The lowest BCUT2D eigenvalue weighted by Gasteiger charge is -2.03. The van der Waals surface area contributed by atoms with E-state index >= 15 is 0 Å². The molecule has 0 saturated carbocycles. The minimum absolute atomic E-state index is 0.000178. The molecule has 1 aromatic heterocycles. The van der Waals surface area contributed by atoms with Crippen molar-refractivity contribution in [3.63, 3.8) is 0 Å². The molecule has 1 N–H and O–H groups in total. The van der Waals surface area contributed by atoms with Gasteiger partial charge in [-0.2, -0.15) is 0 Å². The molecule has 4 nitrogen and oxygen atoms in total. The van der Waals surface area contributed by atoms with Gasteiger partial charge in [-0.15, -0.1) is 11.8 Å². The predicted octanol–water partition coefficient (Wildman–Crippen LogP) is 3.89. The third-order valence-corrected chi connectivity index (χ3v) is 4.43. The first-order valence-electron chi connectivity index (χ1n) is 7.70. The van der Waals surface area contributed by atoms with Crippen LogP contribution < -0.4 is 5.32 Å². The van der Waals surface area contributed by atoms with E-state index in [1.807, 2.05) is 54.6 Å². The van der Waals surface area contributed by atoms with Crippen LogP contribution in [0.2, 0.25) is 0 Å². The quantitative estimate of drug-likeness (QED) is 0.710. The molecular formula is C19H18N2O2S. The van der Waals surface area contributed by atoms with Crippen LogP contribution in [0.4, 0.5) is 0 Å². The van der Waals surface area contributed by atoms with Crippen LogP contribution in [-0.4, -0.2) is 16.8 Å². The fourth-order valence-corrected chi connectivity index (χ4v) is 3.03. The van der Waals surface area contributed by atoms with Crippen LogP contribution in [0.1, 0.15) is 11.3 Å². The molecular weight excluding hydrogens is 320 g/mol. The van der Waals surface area contributed by atoms with E-state index in [0.29, 0.717) is 18.1 Å². The molecule has 122 valence electrons. The maximum atomic E-state index is 11.9. The van der Waals surface area contributed by atoms with Gasteiger partial charge in [0.05, 0.1) is 12.3 Å². The Morgan fingerprint density at radius 1 is 1.04 bits per heavy atom. The largest absolute Gasteiger partial charge is 0.356 e. The molecule has 5 heteroatoms. The zero-order valence-corrected chi connectivity index (χ0v) is 14.0. The molecule has 0 radical (unpaired) electrons. The number of hydrogen-bond acceptors (Lipinski definition) is 4. The molecule has 1 amide bonds. The summed E-state index contributed by atoms with van der Waals surface area (Å²) in [5.41, 5.74) is 2.91. The van der Waals surface area contributed by atoms with Crippen LogP contribution in [0.5, 0.6) is 0 Å². The van der Waals surface area contributed by atoms with Gasteiger partial charge in [0.15, 0.2) is 5.76 Å². The number of carbonyl (C=O) groups excluding carboxylic acids is 1. The number of carbonyl (C=O) groups is 1. The molecule has 3 aromatic rings. The third-order valence-electron chi connectivity index (χ3n) is 3.43. The third kappa shape index (κ3) is 4.73. The molecule has 0 aliphatic carbocycles. The smallest absolute Gasteiger partial charge is 0.230 e. The maximum Gasteiger partial charge on any atom is 0.230 e. The number of nitrogens with zero attached hydrogens (tertiary/aromatic N) is 1. The minimum Gasteiger partial charge on any atom is -0.356 e. The molecule has 0 fully saturated rings. The van der Waals surface area contributed by atoms with Crippen LogP contribution in [0.15, 0.2) is 71.3 Å². The lowest BCUT2D eigenvalue weighted by atomic mass is 10.2. The first-order chi connectivity index (χ1) is 11.8. The van der Waals surface area contributed by atoms with E-state index in [9.17, 15) is 4.79 Å². The zero-order valence-electron chi connectivity index (χ0n) is 13.1. The first-order valence-corrected chi connectivity index (χ1v) is 8.86. The summed E-state index contributed by atoms with van der Waals surface area (Å²) in [4.78, 5) is 11.9. The van der Waals surface area contributed by atoms with Crippen LogP contribution >= 0.6 is 11.8 Å². The molecule has 0 atom stereocenters. The second-order valence-corrected chi connectivity index (χ2v) is 6.29. The topological polar surface area (TPSA) is 55.1 Å². The Bertz CT molecular complexity index is 772. The maximum absolute atomic E-state index is 11.9. The molecule has 0 aliphatic heterocycles. The predicted molar refractivity (Wildman–Crippen MR) is 96.4 cm³/mol. The highest BCUT2D eigenvalue weighted by Gasteiger charge is 2.08. The monoisotopic (exact) mass is 338 g/mol. The molecule has 24 heavy (non-hydrogen) atoms. The fraction of sp³-hybridized carbons (Fsp3) is 0.158. The highest BCUT2D eigenvalue weighted by molar-refractivity contribution is 7.99. The Morgan fingerprint density at radius 3 is 2.50 bits per heavy atom. The van der Waals surface area contributed by atoms with E-state index in [1.165, 1.54) is 5.56 Å². The van der Waals surface area contributed by atoms with Gasteiger partial charge in [-0.3, -0.25) is 4.79 Å². The number of aromatic nitrogens is 1. The van der Waals surface area contributed by atoms with E-state index in [4.69, 9.17) is 4.52 Å². The Balaban J connectivity index is 1.42. The lowest BCUT2D eigenvalue weighted by molar-refractivity contribution is -0.118. The van der Waals surface area contributed by atoms with Crippen molar-refractivity contribution in [2.24, 2.45) is 0 Å². The Hall–Kier alpha value is -2.53. The second kappa shape index (κ2) is 8.36. The van der Waals surface area contributed by atoms with Crippen molar-refractivity contribution in [3.05, 3.63) is 78.0 Å². The standard InChI is InChI=1S/C19H18N2O2S/c22-19(14-24-13-15-7-3-1-4-8-15)20-12-17-11-18(23-21-17)16-9-5-2-6-10-16/h1-11H,12-14H2,(H,20,22). The van der Waals surface area contributed by atoms with Gasteiger partial charge in [0, 0.05) is 17.4 Å². The summed E-state index contributed by atoms with van der Waals surface area (Å²) in [7, 11) is 0. The molecule has 0 spiro atoms. The fourth-order valence-electron chi connectivity index (χ4n) is 2.21. The minimum atomic E-state index is 0.000178. The van der Waals surface area contributed by atoms with E-state index in [2.05, 4.69) is 22.6 Å². The number of hydrogen-bond donors (Lipinski definition) is 1. The summed E-state index contributed by atoms with van der Waals surface area (Å²) >= 11 is 1.60. The molecule has 2 aromatic carbocycles. The summed E-state index contributed by atoms with van der Waals surface area (Å²) < 4.78 is 5.32. The Morgan fingerprint density at radius 2 is 1.75 bits per heavy atom. The zero-order chi connectivity index (χ0) is 16.6. The van der Waals surface area contributed by atoms with Gasteiger partial charge in [0.1, 0.15) is 5.69 Å². The van der Waals surface area contributed by atoms with Gasteiger partial charge in [0.2, 0.25) is 5.91 Å². The van der Waals surface area contributed by atoms with Crippen molar-refractivity contribution in [3.8, 4) is 11.3 Å². The second-order valence-electron chi connectivity index (χ2n) is 5.30. The normalized spacial score (nSPS) is 10.5. The highest BCUT2D eigenvalue weighted by Crippen LogP contribution is 2.19. The molecule has 1 heterocycles. The SMILES string of the molecule is O=C(CSCc1ccccc1)NCc1cc(-c2ccccc2)on1. The Labute approximate surface area is 145 Å². The van der Waals surface area contributed by atoms with E-state index in [-0.39, 0.29) is 5.91 Å². The van der Waals surface area contributed by atoms with Gasteiger partial charge in [-0.05, 0) is 5.56 Å². The average Bonchev–Trinajstić information content (AvgIpc) is 3.11. The van der Waals surface area contributed by atoms with Crippen molar-refractivity contribution >= 4 is 17.7 Å². The number of rotatable bonds is 7. The molecule has 0 bridgehead atoms. The number of benzene rings is 2. The van der Waals surface area contributed by atoms with Crippen LogP contribution in [0.3, 0.4) is 0 Å². The van der Waals surface area contributed by atoms with Gasteiger partial charge >= 0.3 is 0 Å². The van der Waals surface area contributed by atoms with E-state index in [1.54, 1.807) is 11.8 Å². The molecule has 3 rings (SSSR count). The summed E-state index contributed by atoms with van der Waals surface area (Å²) in [5, 5.41) is 6.86. The summed E-state index contributed by atoms with van der Waals surface area (Å²) in [6.45, 7) is 0.376. The van der Waals surface area contributed by atoms with Crippen molar-refractivity contribution in [1.29, 1.82) is 0 Å². The Kier molecular flexibility index (Phi) is 5.69. The van der Waals surface area contributed by atoms with Gasteiger partial charge in [0.25, 0.3) is 0 Å². The molecule has 0 unspecified atom stereocenters. The van der Waals surface area contributed by atoms with Gasteiger partial charge in [-0.1, -0.05) is 65.8 Å². The van der Waals surface area contributed by atoms with Gasteiger partial charge in [-0.25, -0.2) is 0 Å². The number of thioether (sulfide) groups is 1. The highest BCUT2D eigenvalue weighted by atomic mass is 32.2. The molecule has 0 saturated heterocycles. The van der Waals surface area contributed by atoms with E-state index in [0.717, 1.165) is 17.0 Å². The van der Waals surface area contributed by atoms with Crippen LogP contribution in [0.25, 0.3) is 11.3 Å². The number of nitrogens with one attached hydrogen (secondary N) is 1. The van der Waals surface area contributed by atoms with Crippen LogP contribution in [-0.2, 0) is 17.1 Å². The average molecular weight is 338 g/mol. The molecule has 0 aliphatic rings. The van der Waals surface area contributed by atoms with Crippen molar-refractivity contribution in [1.82, 2.24) is 10.5 Å². The summed E-state index contributed by atoms with van der Waals surface area (Å²) in [6, 6.07) is 21.7. The summed E-state index contributed by atoms with van der Waals surface area (Å²) in [6.07, 6.45) is 0. The lowest BCUT2D eigenvalue weighted by Crippen LogP contribution is -2.24. The van der Waals surface area contributed by atoms with Crippen molar-refractivity contribution in [2.45, 2.75) is 12.3 Å². The first kappa shape index (κ1) is 16.3. The van der Waals surface area contributed by atoms with Crippen molar-refractivity contribution < 1.29 is 9.32 Å².